The summed E-state index contributed by atoms with van der Waals surface area (Å²) in [6.07, 6.45) is 6.15. The molecule has 0 heterocycles. The van der Waals surface area contributed by atoms with Crippen molar-refractivity contribution in [2.75, 3.05) is 0 Å². The molecular weight excluding hydrogens is 412 g/mol. The fourth-order valence-corrected chi connectivity index (χ4v) is 5.31. The van der Waals surface area contributed by atoms with Crippen LogP contribution in [0.4, 0.5) is 0 Å². The highest BCUT2D eigenvalue weighted by molar-refractivity contribution is 9.10. The summed E-state index contributed by atoms with van der Waals surface area (Å²) in [5.74, 6) is 1.09. The molecule has 0 saturated heterocycles. The molecule has 0 N–H and O–H groups in total. The van der Waals surface area contributed by atoms with Gasteiger partial charge >= 0.3 is 0 Å². The molecule has 2 aliphatic rings. The second-order valence-corrected chi connectivity index (χ2v) is 8.32. The lowest BCUT2D eigenvalue weighted by molar-refractivity contribution is 0.476. The maximum Gasteiger partial charge on any atom is 0.0461 e. The van der Waals surface area contributed by atoms with Crippen molar-refractivity contribution in [2.45, 2.75) is 16.1 Å². The Morgan fingerprint density at radius 3 is 1.39 bits per heavy atom. The molecule has 0 aliphatic heterocycles. The van der Waals surface area contributed by atoms with Gasteiger partial charge in [-0.3, -0.25) is 0 Å². The zero-order valence-corrected chi connectivity index (χ0v) is 15.9. The maximum atomic E-state index is 3.97. The van der Waals surface area contributed by atoms with Crippen LogP contribution in [0.1, 0.15) is 17.5 Å². The standard InChI is InChI=1S/C21H18Br2/c22-20-17-11-16(12-18(20)14-7-3-1-4-8-14)21(23)19(13-17)15-9-5-2-6-10-15/h1-10,12-13,16-17,20-21H,11H2/t16-,17-,20+,21+/m0/s1. The van der Waals surface area contributed by atoms with Crippen molar-refractivity contribution in [3.63, 3.8) is 0 Å². The van der Waals surface area contributed by atoms with Gasteiger partial charge in [-0.25, -0.2) is 0 Å². The Bertz CT molecular complexity index is 680. The number of fused-ring (bicyclic) bond motifs is 2. The fraction of sp³-hybridized carbons (Fsp3) is 0.238. The minimum Gasteiger partial charge on any atom is -0.0832 e. The summed E-state index contributed by atoms with van der Waals surface area (Å²) >= 11 is 7.94. The van der Waals surface area contributed by atoms with Crippen molar-refractivity contribution in [1.29, 1.82) is 0 Å². The van der Waals surface area contributed by atoms with Crippen molar-refractivity contribution in [3.8, 4) is 0 Å². The first-order chi connectivity index (χ1) is 11.2. The van der Waals surface area contributed by atoms with Crippen LogP contribution in [0.5, 0.6) is 0 Å². The number of hydrogen-bond donors (Lipinski definition) is 0. The molecule has 0 amide bonds. The van der Waals surface area contributed by atoms with Crippen molar-refractivity contribution in [1.82, 2.24) is 0 Å². The molecule has 0 unspecified atom stereocenters. The molecule has 2 aliphatic carbocycles. The molecule has 0 fully saturated rings. The Hall–Kier alpha value is -1.12. The topological polar surface area (TPSA) is 0 Å². The van der Waals surface area contributed by atoms with Crippen LogP contribution in [0.3, 0.4) is 0 Å². The van der Waals surface area contributed by atoms with Gasteiger partial charge in [-0.15, -0.1) is 0 Å². The first-order valence-corrected chi connectivity index (χ1v) is 9.89. The summed E-state index contributed by atoms with van der Waals surface area (Å²) in [4.78, 5) is 0.778. The maximum absolute atomic E-state index is 3.97. The average Bonchev–Trinajstić information content (AvgIpc) is 2.61. The molecule has 0 radical (unpaired) electrons. The third-order valence-corrected chi connectivity index (χ3v) is 7.24. The summed E-state index contributed by atoms with van der Waals surface area (Å²) < 4.78 is 0. The van der Waals surface area contributed by atoms with Gasteiger partial charge in [0.2, 0.25) is 0 Å². The van der Waals surface area contributed by atoms with Gasteiger partial charge in [0.1, 0.15) is 0 Å². The van der Waals surface area contributed by atoms with Crippen LogP contribution in [0.2, 0.25) is 0 Å². The SMILES string of the molecule is Br[C@H]1C(c2ccccc2)=C[C@@H]2C[C@H]1C=C(c1ccccc1)[C@@H]2Br. The molecule has 0 spiro atoms. The highest BCUT2D eigenvalue weighted by Gasteiger charge is 2.38. The summed E-state index contributed by atoms with van der Waals surface area (Å²) in [6.45, 7) is 0. The molecule has 23 heavy (non-hydrogen) atoms. The van der Waals surface area contributed by atoms with E-state index in [1.807, 2.05) is 0 Å². The predicted octanol–water partition coefficient (Wildman–Crippen LogP) is 6.33. The average molecular weight is 430 g/mol. The molecule has 2 aromatic rings. The molecule has 4 atom stereocenters. The lowest BCUT2D eigenvalue weighted by atomic mass is 9.72. The van der Waals surface area contributed by atoms with E-state index in [1.54, 1.807) is 0 Å². The van der Waals surface area contributed by atoms with Gasteiger partial charge in [0.15, 0.2) is 0 Å². The molecule has 4 rings (SSSR count). The summed E-state index contributed by atoms with van der Waals surface area (Å²) in [5.41, 5.74) is 5.53. The fourth-order valence-electron chi connectivity index (χ4n) is 3.74. The molecule has 0 aromatic heterocycles. The Kier molecular flexibility index (Phi) is 4.29. The number of alkyl halides is 2. The molecule has 2 bridgehead atoms. The molecule has 0 saturated carbocycles. The molecule has 2 heteroatoms. The molecule has 2 aromatic carbocycles. The number of rotatable bonds is 2. The zero-order valence-electron chi connectivity index (χ0n) is 12.7. The van der Waals surface area contributed by atoms with E-state index in [9.17, 15) is 0 Å². The highest BCUT2D eigenvalue weighted by Crippen LogP contribution is 2.48. The third-order valence-electron chi connectivity index (χ3n) is 4.89. The Morgan fingerprint density at radius 1 is 0.609 bits per heavy atom. The first kappa shape index (κ1) is 15.4. The Morgan fingerprint density at radius 2 is 1.00 bits per heavy atom. The normalized spacial score (nSPS) is 29.7. The second-order valence-electron chi connectivity index (χ2n) is 6.34. The lowest BCUT2D eigenvalue weighted by Gasteiger charge is -2.39. The number of hydrogen-bond acceptors (Lipinski definition) is 0. The quantitative estimate of drug-likeness (QED) is 0.489. The van der Waals surface area contributed by atoms with E-state index in [0.29, 0.717) is 21.5 Å². The minimum atomic E-state index is 0.389. The van der Waals surface area contributed by atoms with Crippen molar-refractivity contribution in [3.05, 3.63) is 83.9 Å². The largest absolute Gasteiger partial charge is 0.0832 e. The number of benzene rings is 2. The van der Waals surface area contributed by atoms with E-state index >= 15 is 0 Å². The van der Waals surface area contributed by atoms with E-state index < -0.39 is 0 Å². The van der Waals surface area contributed by atoms with Gasteiger partial charge in [0.05, 0.1) is 0 Å². The van der Waals surface area contributed by atoms with Crippen LogP contribution < -0.4 is 0 Å². The Balaban J connectivity index is 1.73. The second kappa shape index (κ2) is 6.41. The van der Waals surface area contributed by atoms with Crippen molar-refractivity contribution in [2.24, 2.45) is 11.8 Å². The monoisotopic (exact) mass is 428 g/mol. The number of halogens is 2. The summed E-state index contributed by atoms with van der Waals surface area (Å²) in [7, 11) is 0. The van der Waals surface area contributed by atoms with E-state index in [4.69, 9.17) is 0 Å². The third kappa shape index (κ3) is 2.88. The molecule has 116 valence electrons. The highest BCUT2D eigenvalue weighted by atomic mass is 79.9. The Labute approximate surface area is 154 Å². The van der Waals surface area contributed by atoms with Gasteiger partial charge in [0.25, 0.3) is 0 Å². The smallest absolute Gasteiger partial charge is 0.0461 e. The van der Waals surface area contributed by atoms with Gasteiger partial charge in [-0.05, 0) is 40.5 Å². The molecular formula is C21H18Br2. The summed E-state index contributed by atoms with van der Waals surface area (Å²) in [6, 6.07) is 21.5. The predicted molar refractivity (Wildman–Crippen MR) is 106 cm³/mol. The summed E-state index contributed by atoms with van der Waals surface area (Å²) in [5, 5.41) is 0. The van der Waals surface area contributed by atoms with E-state index in [2.05, 4.69) is 105 Å². The van der Waals surface area contributed by atoms with E-state index in [0.717, 1.165) is 0 Å². The van der Waals surface area contributed by atoms with Crippen LogP contribution in [0, 0.1) is 11.8 Å². The first-order valence-electron chi connectivity index (χ1n) is 8.06. The van der Waals surface area contributed by atoms with Crippen LogP contribution in [0.25, 0.3) is 11.1 Å². The van der Waals surface area contributed by atoms with Crippen molar-refractivity contribution >= 4 is 43.0 Å². The van der Waals surface area contributed by atoms with Crippen LogP contribution >= 0.6 is 31.9 Å². The van der Waals surface area contributed by atoms with Crippen molar-refractivity contribution < 1.29 is 0 Å². The van der Waals surface area contributed by atoms with Crippen LogP contribution in [-0.2, 0) is 0 Å². The zero-order chi connectivity index (χ0) is 15.8. The minimum absolute atomic E-state index is 0.389. The lowest BCUT2D eigenvalue weighted by Crippen LogP contribution is -2.32. The molecule has 0 nitrogen and oxygen atoms in total. The van der Waals surface area contributed by atoms with Gasteiger partial charge in [-0.1, -0.05) is 105 Å². The van der Waals surface area contributed by atoms with Gasteiger partial charge in [0, 0.05) is 9.65 Å². The van der Waals surface area contributed by atoms with E-state index in [1.165, 1.54) is 28.7 Å². The van der Waals surface area contributed by atoms with Crippen LogP contribution in [0.15, 0.2) is 72.8 Å². The van der Waals surface area contributed by atoms with Gasteiger partial charge < -0.3 is 0 Å². The number of allylic oxidation sites excluding steroid dienone is 4. The van der Waals surface area contributed by atoms with Crippen LogP contribution in [-0.4, -0.2) is 9.65 Å². The van der Waals surface area contributed by atoms with Gasteiger partial charge in [-0.2, -0.15) is 0 Å². The van der Waals surface area contributed by atoms with E-state index in [-0.39, 0.29) is 0 Å².